The van der Waals surface area contributed by atoms with Gasteiger partial charge in [0.15, 0.2) is 0 Å². The topological polar surface area (TPSA) is 12.5 Å². The second kappa shape index (κ2) is 7.47. The molecule has 0 unspecified atom stereocenters. The molecular formula is C10H15Cl2NOS. The summed E-state index contributed by atoms with van der Waals surface area (Å²) in [6, 6.07) is 3.99. The van der Waals surface area contributed by atoms with Gasteiger partial charge in [0.05, 0.1) is 17.6 Å². The molecule has 1 aromatic heterocycles. The maximum atomic E-state index is 5.85. The van der Waals surface area contributed by atoms with Gasteiger partial charge in [0.1, 0.15) is 0 Å². The highest BCUT2D eigenvalue weighted by molar-refractivity contribution is 7.16. The van der Waals surface area contributed by atoms with E-state index in [1.165, 1.54) is 4.88 Å². The SMILES string of the molecule is CN(CCOCCCl)Cc1ccc(Cl)s1. The minimum absolute atomic E-state index is 0.560. The van der Waals surface area contributed by atoms with E-state index in [1.807, 2.05) is 6.07 Å². The fourth-order valence-corrected chi connectivity index (χ4v) is 2.44. The molecule has 0 aliphatic rings. The molecule has 15 heavy (non-hydrogen) atoms. The average molecular weight is 268 g/mol. The Morgan fingerprint density at radius 2 is 2.20 bits per heavy atom. The van der Waals surface area contributed by atoms with Crippen molar-refractivity contribution in [2.45, 2.75) is 6.54 Å². The molecule has 1 heterocycles. The molecule has 1 aromatic rings. The van der Waals surface area contributed by atoms with Crippen molar-refractivity contribution in [1.82, 2.24) is 4.90 Å². The van der Waals surface area contributed by atoms with Gasteiger partial charge in [0.2, 0.25) is 0 Å². The number of likely N-dealkylation sites (N-methyl/N-ethyl adjacent to an activating group) is 1. The molecule has 0 amide bonds. The second-order valence-electron chi connectivity index (χ2n) is 3.24. The third kappa shape index (κ3) is 5.73. The van der Waals surface area contributed by atoms with E-state index in [0.717, 1.165) is 24.0 Å². The van der Waals surface area contributed by atoms with Crippen LogP contribution in [0.2, 0.25) is 4.34 Å². The molecule has 0 aromatic carbocycles. The Labute approximate surface area is 105 Å². The Morgan fingerprint density at radius 3 is 2.80 bits per heavy atom. The van der Waals surface area contributed by atoms with Crippen LogP contribution in [-0.4, -0.2) is 37.6 Å². The molecule has 1 rings (SSSR count). The van der Waals surface area contributed by atoms with E-state index in [-0.39, 0.29) is 0 Å². The van der Waals surface area contributed by atoms with Gasteiger partial charge in [-0.2, -0.15) is 0 Å². The van der Waals surface area contributed by atoms with Gasteiger partial charge in [-0.1, -0.05) is 11.6 Å². The Balaban J connectivity index is 2.15. The van der Waals surface area contributed by atoms with Crippen LogP contribution in [0, 0.1) is 0 Å². The van der Waals surface area contributed by atoms with Crippen LogP contribution in [0.15, 0.2) is 12.1 Å². The molecule has 2 nitrogen and oxygen atoms in total. The first-order valence-electron chi connectivity index (χ1n) is 4.79. The summed E-state index contributed by atoms with van der Waals surface area (Å²) in [5.41, 5.74) is 0. The van der Waals surface area contributed by atoms with Crippen molar-refractivity contribution in [1.29, 1.82) is 0 Å². The number of hydrogen-bond donors (Lipinski definition) is 0. The van der Waals surface area contributed by atoms with Crippen LogP contribution < -0.4 is 0 Å². The highest BCUT2D eigenvalue weighted by Gasteiger charge is 2.02. The van der Waals surface area contributed by atoms with E-state index < -0.39 is 0 Å². The summed E-state index contributed by atoms with van der Waals surface area (Å²) in [6.45, 7) is 3.18. The van der Waals surface area contributed by atoms with Gasteiger partial charge < -0.3 is 4.74 Å². The first-order chi connectivity index (χ1) is 7.22. The van der Waals surface area contributed by atoms with Crippen molar-refractivity contribution in [2.75, 3.05) is 32.7 Å². The van der Waals surface area contributed by atoms with Crippen LogP contribution in [0.3, 0.4) is 0 Å². The molecule has 0 aliphatic carbocycles. The Kier molecular flexibility index (Phi) is 6.61. The van der Waals surface area contributed by atoms with Gasteiger partial charge in [-0.25, -0.2) is 0 Å². The molecule has 0 saturated carbocycles. The number of nitrogens with zero attached hydrogens (tertiary/aromatic N) is 1. The Bertz CT molecular complexity index is 280. The fraction of sp³-hybridized carbons (Fsp3) is 0.600. The number of hydrogen-bond acceptors (Lipinski definition) is 3. The zero-order chi connectivity index (χ0) is 11.1. The van der Waals surface area contributed by atoms with Gasteiger partial charge in [-0.15, -0.1) is 22.9 Å². The number of alkyl halides is 1. The molecule has 5 heteroatoms. The van der Waals surface area contributed by atoms with Crippen LogP contribution in [0.5, 0.6) is 0 Å². The van der Waals surface area contributed by atoms with Crippen molar-refractivity contribution in [3.63, 3.8) is 0 Å². The first kappa shape index (κ1) is 13.3. The molecule has 0 saturated heterocycles. The lowest BCUT2D eigenvalue weighted by atomic mass is 10.4. The quantitative estimate of drug-likeness (QED) is 0.556. The predicted octanol–water partition coefficient (Wildman–Crippen LogP) is 3.09. The standard InChI is InChI=1S/C10H15Cl2NOS/c1-13(5-7-14-6-4-11)8-9-2-3-10(12)15-9/h2-3H,4-8H2,1H3. The van der Waals surface area contributed by atoms with Crippen molar-refractivity contribution < 1.29 is 4.74 Å². The molecule has 86 valence electrons. The molecule has 0 N–H and O–H groups in total. The average Bonchev–Trinajstić information content (AvgIpc) is 2.59. The van der Waals surface area contributed by atoms with E-state index in [2.05, 4.69) is 18.0 Å². The van der Waals surface area contributed by atoms with E-state index in [1.54, 1.807) is 11.3 Å². The summed E-state index contributed by atoms with van der Waals surface area (Å²) in [7, 11) is 2.07. The van der Waals surface area contributed by atoms with Crippen LogP contribution in [-0.2, 0) is 11.3 Å². The van der Waals surface area contributed by atoms with Crippen molar-refractivity contribution in [2.24, 2.45) is 0 Å². The third-order valence-electron chi connectivity index (χ3n) is 1.89. The summed E-state index contributed by atoms with van der Waals surface area (Å²) in [5.74, 6) is 0.560. The van der Waals surface area contributed by atoms with Gasteiger partial charge >= 0.3 is 0 Å². The maximum Gasteiger partial charge on any atom is 0.0931 e. The predicted molar refractivity (Wildman–Crippen MR) is 67.2 cm³/mol. The molecule has 0 spiro atoms. The minimum Gasteiger partial charge on any atom is -0.379 e. The van der Waals surface area contributed by atoms with E-state index in [4.69, 9.17) is 27.9 Å². The van der Waals surface area contributed by atoms with Crippen molar-refractivity contribution in [3.05, 3.63) is 21.3 Å². The Morgan fingerprint density at radius 1 is 1.40 bits per heavy atom. The van der Waals surface area contributed by atoms with Gasteiger partial charge in [0.25, 0.3) is 0 Å². The third-order valence-corrected chi connectivity index (χ3v) is 3.26. The van der Waals surface area contributed by atoms with E-state index in [9.17, 15) is 0 Å². The lowest BCUT2D eigenvalue weighted by Crippen LogP contribution is -2.22. The second-order valence-corrected chi connectivity index (χ2v) is 5.42. The maximum absolute atomic E-state index is 5.85. The highest BCUT2D eigenvalue weighted by atomic mass is 35.5. The number of rotatable bonds is 7. The Hall–Kier alpha value is 0.200. The zero-order valence-electron chi connectivity index (χ0n) is 8.71. The molecule has 0 radical (unpaired) electrons. The molecule has 0 aliphatic heterocycles. The lowest BCUT2D eigenvalue weighted by molar-refractivity contribution is 0.122. The van der Waals surface area contributed by atoms with Crippen LogP contribution in [0.25, 0.3) is 0 Å². The fourth-order valence-electron chi connectivity index (χ4n) is 1.16. The summed E-state index contributed by atoms with van der Waals surface area (Å²) >= 11 is 13.0. The van der Waals surface area contributed by atoms with Gasteiger partial charge in [0, 0.05) is 23.8 Å². The van der Waals surface area contributed by atoms with E-state index in [0.29, 0.717) is 12.5 Å². The molecule has 0 fully saturated rings. The highest BCUT2D eigenvalue weighted by Crippen LogP contribution is 2.22. The summed E-state index contributed by atoms with van der Waals surface area (Å²) in [4.78, 5) is 3.48. The zero-order valence-corrected chi connectivity index (χ0v) is 11.0. The smallest absolute Gasteiger partial charge is 0.0931 e. The lowest BCUT2D eigenvalue weighted by Gasteiger charge is -2.15. The monoisotopic (exact) mass is 267 g/mol. The van der Waals surface area contributed by atoms with E-state index >= 15 is 0 Å². The molecule has 0 bridgehead atoms. The summed E-state index contributed by atoms with van der Waals surface area (Å²) in [5, 5.41) is 0. The normalized spacial score (nSPS) is 11.2. The van der Waals surface area contributed by atoms with Gasteiger partial charge in [-0.05, 0) is 19.2 Å². The molecular weight excluding hydrogens is 253 g/mol. The van der Waals surface area contributed by atoms with Gasteiger partial charge in [-0.3, -0.25) is 4.90 Å². The largest absolute Gasteiger partial charge is 0.379 e. The van der Waals surface area contributed by atoms with Crippen LogP contribution >= 0.6 is 34.5 Å². The molecule has 0 atom stereocenters. The van der Waals surface area contributed by atoms with Crippen molar-refractivity contribution >= 4 is 34.5 Å². The number of halogens is 2. The summed E-state index contributed by atoms with van der Waals surface area (Å²) in [6.07, 6.45) is 0. The number of thiophene rings is 1. The number of ether oxygens (including phenoxy) is 1. The minimum atomic E-state index is 0.560. The summed E-state index contributed by atoms with van der Waals surface area (Å²) < 4.78 is 6.14. The van der Waals surface area contributed by atoms with Crippen molar-refractivity contribution in [3.8, 4) is 0 Å². The first-order valence-corrected chi connectivity index (χ1v) is 6.51. The van der Waals surface area contributed by atoms with Crippen LogP contribution in [0.4, 0.5) is 0 Å². The van der Waals surface area contributed by atoms with Crippen LogP contribution in [0.1, 0.15) is 4.88 Å².